The topological polar surface area (TPSA) is 40.6 Å². The minimum atomic E-state index is -5.09. The van der Waals surface area contributed by atoms with Crippen molar-refractivity contribution in [2.75, 3.05) is 26.2 Å². The van der Waals surface area contributed by atoms with Gasteiger partial charge < -0.3 is 9.80 Å². The molecule has 0 N–H and O–H groups in total. The summed E-state index contributed by atoms with van der Waals surface area (Å²) in [6.07, 6.45) is 26.4. The second-order valence-corrected chi connectivity index (χ2v) is 14.2. The molecule has 0 aliphatic heterocycles. The van der Waals surface area contributed by atoms with Gasteiger partial charge in [0.1, 0.15) is 0 Å². The molecule has 48 heavy (non-hydrogen) atoms. The van der Waals surface area contributed by atoms with Crippen LogP contribution in [0.25, 0.3) is 0 Å². The van der Waals surface area contributed by atoms with Gasteiger partial charge in [0, 0.05) is 26.2 Å². The van der Waals surface area contributed by atoms with E-state index in [4.69, 9.17) is 0 Å². The van der Waals surface area contributed by atoms with Crippen LogP contribution in [0.2, 0.25) is 0 Å². The largest absolute Gasteiger partial charge is 0.395 e. The Kier molecular flexibility index (Phi) is 29.6. The average molecular weight is 693 g/mol. The monoisotopic (exact) mass is 693 g/mol. The van der Waals surface area contributed by atoms with E-state index in [9.17, 15) is 9.59 Å². The van der Waals surface area contributed by atoms with Crippen LogP contribution in [-0.2, 0) is 9.59 Å². The molecule has 286 valence electrons. The number of hydrogen-bond acceptors (Lipinski definition) is 2. The lowest BCUT2D eigenvalue weighted by atomic mass is 10.0. The molecule has 0 spiro atoms. The van der Waals surface area contributed by atoms with E-state index < -0.39 is 23.7 Å². The van der Waals surface area contributed by atoms with Crippen LogP contribution < -0.4 is 0 Å². The minimum Gasteiger partial charge on any atom is -0.337 e. The fourth-order valence-electron chi connectivity index (χ4n) is 6.33. The van der Waals surface area contributed by atoms with Crippen molar-refractivity contribution in [2.24, 2.45) is 0 Å². The molecule has 4 nitrogen and oxygen atoms in total. The van der Waals surface area contributed by atoms with Gasteiger partial charge in [0.05, 0.1) is 0 Å². The van der Waals surface area contributed by atoms with E-state index in [1.165, 1.54) is 0 Å². The number of rotatable bonds is 35. The summed E-state index contributed by atoms with van der Waals surface area (Å²) in [6, 6.07) is 0. The number of alkyl halides is 4. The highest BCUT2D eigenvalue weighted by Crippen LogP contribution is 2.38. The summed E-state index contributed by atoms with van der Waals surface area (Å²) < 4.78 is 62.5. The second kappa shape index (κ2) is 30.5. The molecule has 0 saturated heterocycles. The van der Waals surface area contributed by atoms with Gasteiger partial charge in [0.15, 0.2) is 0 Å². The van der Waals surface area contributed by atoms with Crippen molar-refractivity contribution in [2.45, 2.75) is 219 Å². The number of amides is 2. The zero-order valence-corrected chi connectivity index (χ0v) is 31.9. The number of carbonyl (C=O) groups is 2. The Bertz CT molecular complexity index is 668. The Morgan fingerprint density at radius 3 is 0.688 bits per heavy atom. The number of carbonyl (C=O) groups excluding carboxylic acids is 2. The van der Waals surface area contributed by atoms with Crippen molar-refractivity contribution in [1.82, 2.24) is 9.80 Å². The number of unbranched alkanes of at least 4 members (excludes halogenated alkanes) is 24. The molecule has 0 aliphatic carbocycles. The molecule has 0 unspecified atom stereocenters. The maximum absolute atomic E-state index is 15.6. The zero-order chi connectivity index (χ0) is 35.9. The lowest BCUT2D eigenvalue weighted by Gasteiger charge is -2.34. The number of hydrogen-bond donors (Lipinski definition) is 0. The van der Waals surface area contributed by atoms with Gasteiger partial charge in [-0.25, -0.2) is 0 Å². The molecule has 0 fully saturated rings. The average Bonchev–Trinajstić information content (AvgIpc) is 3.07. The molecule has 0 aliphatic rings. The van der Waals surface area contributed by atoms with E-state index in [2.05, 4.69) is 27.7 Å². The molecule has 0 aromatic carbocycles. The molecular formula is C40H76F4N2O2. The maximum atomic E-state index is 15.6. The summed E-state index contributed by atoms with van der Waals surface area (Å²) in [6.45, 7) is 8.61. The molecule has 0 radical (unpaired) electrons. The summed E-state index contributed by atoms with van der Waals surface area (Å²) in [5, 5.41) is 0. The summed E-state index contributed by atoms with van der Waals surface area (Å²) in [4.78, 5) is 28.3. The number of halogens is 4. The van der Waals surface area contributed by atoms with Crippen LogP contribution in [0.4, 0.5) is 17.6 Å². The highest BCUT2D eigenvalue weighted by Gasteiger charge is 2.68. The molecule has 0 heterocycles. The molecule has 8 heteroatoms. The smallest absolute Gasteiger partial charge is 0.337 e. The third kappa shape index (κ3) is 21.0. The van der Waals surface area contributed by atoms with E-state index in [-0.39, 0.29) is 26.2 Å². The first-order chi connectivity index (χ1) is 23.1. The Hall–Kier alpha value is -1.34. The summed E-state index contributed by atoms with van der Waals surface area (Å²) in [5.74, 6) is -14.0. The van der Waals surface area contributed by atoms with E-state index in [1.54, 1.807) is 0 Å². The van der Waals surface area contributed by atoms with Gasteiger partial charge in [0.25, 0.3) is 11.8 Å². The SMILES string of the molecule is CCCCCCCCCN(CCCCCCCCC)C(=O)C(F)(F)C(F)(F)C(=O)N(CCCCCCCCC)CCCCCCCCC. The van der Waals surface area contributed by atoms with Gasteiger partial charge in [-0.05, 0) is 25.7 Å². The van der Waals surface area contributed by atoms with Crippen LogP contribution >= 0.6 is 0 Å². The van der Waals surface area contributed by atoms with Crippen molar-refractivity contribution >= 4 is 11.8 Å². The zero-order valence-electron chi connectivity index (χ0n) is 31.9. The molecule has 0 aromatic rings. The predicted molar refractivity (Wildman–Crippen MR) is 195 cm³/mol. The maximum Gasteiger partial charge on any atom is 0.395 e. The van der Waals surface area contributed by atoms with Gasteiger partial charge in [-0.1, -0.05) is 182 Å². The van der Waals surface area contributed by atoms with Gasteiger partial charge >= 0.3 is 11.8 Å². The third-order valence-corrected chi connectivity index (χ3v) is 9.63. The normalized spacial score (nSPS) is 12.1. The van der Waals surface area contributed by atoms with Crippen molar-refractivity contribution < 1.29 is 27.2 Å². The van der Waals surface area contributed by atoms with Crippen LogP contribution in [0, 0.1) is 0 Å². The Balaban J connectivity index is 5.54. The fourth-order valence-corrected chi connectivity index (χ4v) is 6.33. The summed E-state index contributed by atoms with van der Waals surface area (Å²) >= 11 is 0. The van der Waals surface area contributed by atoms with E-state index in [0.29, 0.717) is 25.7 Å². The van der Waals surface area contributed by atoms with Crippen LogP contribution in [0.3, 0.4) is 0 Å². The standard InChI is InChI=1S/C40H76F4N2O2/c1-5-9-13-17-21-25-29-33-45(34-30-26-22-18-14-10-6-2)37(47)39(41,42)40(43,44)38(48)46(35-31-27-23-19-15-11-7-3)36-32-28-24-20-16-12-8-4/h5-36H2,1-4H3. The van der Waals surface area contributed by atoms with Crippen molar-refractivity contribution in [3.8, 4) is 0 Å². The Morgan fingerprint density at radius 1 is 0.333 bits per heavy atom. The van der Waals surface area contributed by atoms with Gasteiger partial charge in [-0.3, -0.25) is 9.59 Å². The summed E-state index contributed by atoms with van der Waals surface area (Å²) in [7, 11) is 0. The second-order valence-electron chi connectivity index (χ2n) is 14.2. The lowest BCUT2D eigenvalue weighted by Crippen LogP contribution is -2.61. The quantitative estimate of drug-likeness (QED) is 0.0490. The van der Waals surface area contributed by atoms with Gasteiger partial charge in [0.2, 0.25) is 0 Å². The molecule has 0 atom stereocenters. The van der Waals surface area contributed by atoms with Crippen molar-refractivity contribution in [3.05, 3.63) is 0 Å². The first-order valence-corrected chi connectivity index (χ1v) is 20.5. The molecule has 0 bridgehead atoms. The molecule has 0 aromatic heterocycles. The van der Waals surface area contributed by atoms with Crippen LogP contribution in [-0.4, -0.2) is 59.6 Å². The Labute approximate surface area is 293 Å². The van der Waals surface area contributed by atoms with Crippen molar-refractivity contribution in [3.63, 3.8) is 0 Å². The van der Waals surface area contributed by atoms with Gasteiger partial charge in [-0.15, -0.1) is 0 Å². The Morgan fingerprint density at radius 2 is 0.500 bits per heavy atom. The molecule has 0 saturated carbocycles. The predicted octanol–water partition coefficient (Wildman–Crippen LogP) is 12.9. The van der Waals surface area contributed by atoms with Crippen molar-refractivity contribution in [1.29, 1.82) is 0 Å². The molecule has 2 amide bonds. The first kappa shape index (κ1) is 46.7. The highest BCUT2D eigenvalue weighted by atomic mass is 19.3. The fraction of sp³-hybridized carbons (Fsp3) is 0.950. The summed E-state index contributed by atoms with van der Waals surface area (Å²) in [5.41, 5.74) is 0. The van der Waals surface area contributed by atoms with E-state index >= 15 is 17.6 Å². The molecule has 0 rings (SSSR count). The van der Waals surface area contributed by atoms with Crippen LogP contribution in [0.5, 0.6) is 0 Å². The molecular weight excluding hydrogens is 616 g/mol. The lowest BCUT2D eigenvalue weighted by molar-refractivity contribution is -0.223. The van der Waals surface area contributed by atoms with Crippen LogP contribution in [0.1, 0.15) is 207 Å². The van der Waals surface area contributed by atoms with E-state index in [1.807, 2.05) is 0 Å². The highest BCUT2D eigenvalue weighted by molar-refractivity contribution is 5.95. The van der Waals surface area contributed by atoms with Gasteiger partial charge in [-0.2, -0.15) is 17.6 Å². The number of nitrogens with zero attached hydrogens (tertiary/aromatic N) is 2. The first-order valence-electron chi connectivity index (χ1n) is 20.5. The third-order valence-electron chi connectivity index (χ3n) is 9.63. The van der Waals surface area contributed by atoms with E-state index in [0.717, 1.165) is 164 Å². The van der Waals surface area contributed by atoms with Crippen LogP contribution in [0.15, 0.2) is 0 Å². The minimum absolute atomic E-state index is 0.0160.